The van der Waals surface area contributed by atoms with Crippen molar-refractivity contribution in [1.29, 1.82) is 0 Å². The van der Waals surface area contributed by atoms with E-state index in [1.165, 1.54) is 0 Å². The van der Waals surface area contributed by atoms with Gasteiger partial charge in [0, 0.05) is 41.9 Å². The lowest BCUT2D eigenvalue weighted by atomic mass is 9.73. The quantitative estimate of drug-likeness (QED) is 0.895. The number of nitrogens with one attached hydrogen (secondary N) is 1. The van der Waals surface area contributed by atoms with Gasteiger partial charge < -0.3 is 15.0 Å². The van der Waals surface area contributed by atoms with E-state index in [0.29, 0.717) is 36.0 Å². The first-order valence-corrected chi connectivity index (χ1v) is 9.39. The highest BCUT2D eigenvalue weighted by Crippen LogP contribution is 2.54. The Kier molecular flexibility index (Phi) is 4.24. The number of hydrogen-bond donors (Lipinski definition) is 1. The molecule has 0 radical (unpaired) electrons. The topological polar surface area (TPSA) is 58.6 Å². The largest absolute Gasteiger partial charge is 0.369 e. The maximum atomic E-state index is 12.4. The molecule has 2 bridgehead atoms. The molecule has 3 fully saturated rings. The lowest BCUT2D eigenvalue weighted by molar-refractivity contribution is -0.131. The molecule has 3 aliphatic rings. The van der Waals surface area contributed by atoms with E-state index >= 15 is 0 Å². The van der Waals surface area contributed by atoms with E-state index in [1.807, 2.05) is 11.8 Å². The Hall–Kier alpha value is -1.59. The second kappa shape index (κ2) is 6.29. The second-order valence-electron chi connectivity index (χ2n) is 7.37. The summed E-state index contributed by atoms with van der Waals surface area (Å²) in [6.45, 7) is 3.95. The van der Waals surface area contributed by atoms with Gasteiger partial charge in [-0.3, -0.25) is 9.59 Å². The van der Waals surface area contributed by atoms with Crippen LogP contribution in [0.15, 0.2) is 24.3 Å². The number of amides is 2. The fourth-order valence-corrected chi connectivity index (χ4v) is 4.92. The van der Waals surface area contributed by atoms with Crippen molar-refractivity contribution >= 4 is 23.4 Å². The lowest BCUT2D eigenvalue weighted by Crippen LogP contribution is -2.41. The number of nitrogens with zero attached hydrogens (tertiary/aromatic N) is 1. The summed E-state index contributed by atoms with van der Waals surface area (Å²) >= 11 is 5.87. The molecule has 3 heterocycles. The highest BCUT2D eigenvalue weighted by Gasteiger charge is 2.63. The zero-order valence-corrected chi connectivity index (χ0v) is 15.1. The van der Waals surface area contributed by atoms with E-state index in [-0.39, 0.29) is 29.4 Å². The first-order valence-electron chi connectivity index (χ1n) is 9.02. The van der Waals surface area contributed by atoms with Crippen molar-refractivity contribution in [3.63, 3.8) is 0 Å². The number of carbonyl (C=O) groups is 2. The molecule has 0 aliphatic carbocycles. The molecule has 4 atom stereocenters. The predicted molar refractivity (Wildman–Crippen MR) is 94.5 cm³/mol. The number of halogens is 1. The second-order valence-corrected chi connectivity index (χ2v) is 7.81. The highest BCUT2D eigenvalue weighted by molar-refractivity contribution is 6.30. The summed E-state index contributed by atoms with van der Waals surface area (Å²) in [6, 6.07) is 6.90. The molecule has 1 aromatic rings. The van der Waals surface area contributed by atoms with Crippen molar-refractivity contribution in [3.8, 4) is 0 Å². The van der Waals surface area contributed by atoms with Gasteiger partial charge in [-0.05, 0) is 37.1 Å². The summed E-state index contributed by atoms with van der Waals surface area (Å²) in [5, 5.41) is 3.66. The number of benzene rings is 1. The molecule has 0 saturated carbocycles. The molecule has 0 unspecified atom stereocenters. The Morgan fingerprint density at radius 3 is 2.84 bits per heavy atom. The van der Waals surface area contributed by atoms with Gasteiger partial charge in [-0.1, -0.05) is 18.5 Å². The molecule has 4 rings (SSSR count). The first-order chi connectivity index (χ1) is 12.0. The average molecular weight is 363 g/mol. The fraction of sp³-hybridized carbons (Fsp3) is 0.579. The third-order valence-corrected chi connectivity index (χ3v) is 6.30. The Bertz CT molecular complexity index is 692. The molecule has 3 aliphatic heterocycles. The Morgan fingerprint density at radius 2 is 2.12 bits per heavy atom. The van der Waals surface area contributed by atoms with E-state index in [9.17, 15) is 9.59 Å². The summed E-state index contributed by atoms with van der Waals surface area (Å²) < 4.78 is 6.31. The van der Waals surface area contributed by atoms with Crippen LogP contribution in [0.5, 0.6) is 0 Å². The van der Waals surface area contributed by atoms with E-state index < -0.39 is 0 Å². The van der Waals surface area contributed by atoms with Crippen LogP contribution >= 0.6 is 11.6 Å². The molecular weight excluding hydrogens is 340 g/mol. The van der Waals surface area contributed by atoms with Crippen LogP contribution in [-0.4, -0.2) is 48.1 Å². The minimum Gasteiger partial charge on any atom is -0.369 e. The molecule has 5 nitrogen and oxygen atoms in total. The summed E-state index contributed by atoms with van der Waals surface area (Å²) in [5.74, 6) is 0.708. The molecule has 25 heavy (non-hydrogen) atoms. The van der Waals surface area contributed by atoms with Crippen LogP contribution in [0.25, 0.3) is 0 Å². The third kappa shape index (κ3) is 2.83. The zero-order valence-electron chi connectivity index (χ0n) is 14.3. The summed E-state index contributed by atoms with van der Waals surface area (Å²) in [4.78, 5) is 26.4. The van der Waals surface area contributed by atoms with Crippen molar-refractivity contribution in [2.75, 3.05) is 19.6 Å². The van der Waals surface area contributed by atoms with Crippen LogP contribution < -0.4 is 5.32 Å². The number of rotatable bonds is 4. The van der Waals surface area contributed by atoms with Gasteiger partial charge in [-0.25, -0.2) is 0 Å². The average Bonchev–Trinajstić information content (AvgIpc) is 3.27. The van der Waals surface area contributed by atoms with Gasteiger partial charge in [0.2, 0.25) is 5.91 Å². The van der Waals surface area contributed by atoms with Gasteiger partial charge in [0.25, 0.3) is 5.91 Å². The number of fused-ring (bicyclic) bond motifs is 1. The van der Waals surface area contributed by atoms with Gasteiger partial charge in [0.1, 0.15) is 0 Å². The lowest BCUT2D eigenvalue weighted by Gasteiger charge is -2.29. The predicted octanol–water partition coefficient (Wildman–Crippen LogP) is 2.49. The van der Waals surface area contributed by atoms with Gasteiger partial charge in [-0.15, -0.1) is 0 Å². The fourth-order valence-electron chi connectivity index (χ4n) is 4.79. The van der Waals surface area contributed by atoms with E-state index in [0.717, 1.165) is 19.4 Å². The normalized spacial score (nSPS) is 32.7. The monoisotopic (exact) mass is 362 g/mol. The van der Waals surface area contributed by atoms with Crippen molar-refractivity contribution < 1.29 is 14.3 Å². The number of ether oxygens (including phenoxy) is 1. The summed E-state index contributed by atoms with van der Waals surface area (Å²) in [6.07, 6.45) is 2.78. The molecule has 3 saturated heterocycles. The Balaban J connectivity index is 1.42. The molecule has 134 valence electrons. The minimum absolute atomic E-state index is 0.0898. The molecule has 1 N–H and O–H groups in total. The molecule has 6 heteroatoms. The van der Waals surface area contributed by atoms with E-state index in [4.69, 9.17) is 16.3 Å². The molecule has 2 amide bonds. The SMILES string of the molecule is CCC(=O)N1C[C@@H]2[C@H](CNC(=O)c3ccc(Cl)cc3)[C@H]3CC[C@]2(C1)O3. The zero-order chi connectivity index (χ0) is 17.6. The molecule has 1 spiro atoms. The van der Waals surface area contributed by atoms with Crippen molar-refractivity contribution in [2.45, 2.75) is 37.9 Å². The first kappa shape index (κ1) is 16.9. The van der Waals surface area contributed by atoms with Crippen molar-refractivity contribution in [3.05, 3.63) is 34.9 Å². The van der Waals surface area contributed by atoms with E-state index in [1.54, 1.807) is 24.3 Å². The van der Waals surface area contributed by atoms with Gasteiger partial charge in [0.15, 0.2) is 0 Å². The molecular formula is C19H23ClN2O3. The molecule has 1 aromatic carbocycles. The number of likely N-dealkylation sites (tertiary alicyclic amines) is 1. The van der Waals surface area contributed by atoms with Crippen LogP contribution in [0.1, 0.15) is 36.5 Å². The van der Waals surface area contributed by atoms with Crippen LogP contribution in [0.4, 0.5) is 0 Å². The maximum absolute atomic E-state index is 12.4. The maximum Gasteiger partial charge on any atom is 0.251 e. The highest BCUT2D eigenvalue weighted by atomic mass is 35.5. The van der Waals surface area contributed by atoms with Crippen LogP contribution in [0.2, 0.25) is 5.02 Å². The number of carbonyl (C=O) groups excluding carboxylic acids is 2. The van der Waals surface area contributed by atoms with Crippen LogP contribution in [0, 0.1) is 11.8 Å². The smallest absolute Gasteiger partial charge is 0.251 e. The van der Waals surface area contributed by atoms with Crippen LogP contribution in [0.3, 0.4) is 0 Å². The summed E-state index contributed by atoms with van der Waals surface area (Å²) in [5.41, 5.74) is 0.433. The van der Waals surface area contributed by atoms with Gasteiger partial charge >= 0.3 is 0 Å². The summed E-state index contributed by atoms with van der Waals surface area (Å²) in [7, 11) is 0. The standard InChI is InChI=1S/C19H23ClN2O3/c1-2-17(23)22-10-15-14(16-7-8-19(15,11-22)25-16)9-21-18(24)12-3-5-13(20)6-4-12/h3-6,14-16H,2,7-11H2,1H3,(H,21,24)/t14-,15+,16+,19+/m0/s1. The van der Waals surface area contributed by atoms with Crippen LogP contribution in [-0.2, 0) is 9.53 Å². The molecule has 0 aromatic heterocycles. The Morgan fingerprint density at radius 1 is 1.36 bits per heavy atom. The Labute approximate surface area is 152 Å². The minimum atomic E-state index is -0.175. The van der Waals surface area contributed by atoms with Gasteiger partial charge in [-0.2, -0.15) is 0 Å². The van der Waals surface area contributed by atoms with Gasteiger partial charge in [0.05, 0.1) is 18.2 Å². The van der Waals surface area contributed by atoms with Crippen molar-refractivity contribution in [1.82, 2.24) is 10.2 Å². The third-order valence-electron chi connectivity index (χ3n) is 6.04. The number of hydrogen-bond acceptors (Lipinski definition) is 3. The van der Waals surface area contributed by atoms with E-state index in [2.05, 4.69) is 5.32 Å². The van der Waals surface area contributed by atoms with Crippen molar-refractivity contribution in [2.24, 2.45) is 11.8 Å².